The number of nitrogens with zero attached hydrogens (tertiary/aromatic N) is 1. The third-order valence-electron chi connectivity index (χ3n) is 4.20. The molecule has 0 unspecified atom stereocenters. The fraction of sp³-hybridized carbons (Fsp3) is 0.125. The largest absolute Gasteiger partial charge is 0.488 e. The number of benzene rings is 3. The lowest BCUT2D eigenvalue weighted by Crippen LogP contribution is -2.35. The van der Waals surface area contributed by atoms with E-state index in [0.717, 1.165) is 11.1 Å². The second-order valence-corrected chi connectivity index (χ2v) is 7.10. The van der Waals surface area contributed by atoms with Crippen molar-refractivity contribution in [2.45, 2.75) is 13.2 Å². The first-order valence-electron chi connectivity index (χ1n) is 9.83. The van der Waals surface area contributed by atoms with E-state index in [-0.39, 0.29) is 13.2 Å². The lowest BCUT2D eigenvalue weighted by atomic mass is 10.2. The predicted octanol–water partition coefficient (Wildman–Crippen LogP) is 4.30. The van der Waals surface area contributed by atoms with Crippen molar-refractivity contribution in [3.8, 4) is 5.75 Å². The minimum atomic E-state index is -0.687. The van der Waals surface area contributed by atoms with Gasteiger partial charge in [-0.25, -0.2) is 10.2 Å². The molecule has 0 atom stereocenters. The fourth-order valence-electron chi connectivity index (χ4n) is 2.65. The van der Waals surface area contributed by atoms with Gasteiger partial charge in [0.1, 0.15) is 25.5 Å². The van der Waals surface area contributed by atoms with Crippen molar-refractivity contribution in [1.29, 1.82) is 0 Å². The molecule has 3 aromatic rings. The van der Waals surface area contributed by atoms with Gasteiger partial charge in [0.2, 0.25) is 0 Å². The number of ether oxygens (including phenoxy) is 2. The van der Waals surface area contributed by atoms with Crippen molar-refractivity contribution >= 4 is 29.8 Å². The average Bonchev–Trinajstić information content (AvgIpc) is 2.81. The quantitative estimate of drug-likeness (QED) is 0.375. The van der Waals surface area contributed by atoms with Crippen LogP contribution < -0.4 is 15.5 Å². The Morgan fingerprint density at radius 2 is 1.66 bits per heavy atom. The van der Waals surface area contributed by atoms with Crippen molar-refractivity contribution < 1.29 is 19.1 Å². The summed E-state index contributed by atoms with van der Waals surface area (Å²) in [5, 5.41) is 6.94. The van der Waals surface area contributed by atoms with Gasteiger partial charge in [-0.1, -0.05) is 66.2 Å². The van der Waals surface area contributed by atoms with Crippen LogP contribution in [0.15, 0.2) is 84.0 Å². The molecule has 2 N–H and O–H groups in total. The maximum absolute atomic E-state index is 11.9. The second-order valence-electron chi connectivity index (χ2n) is 6.66. The van der Waals surface area contributed by atoms with Crippen molar-refractivity contribution in [2.75, 3.05) is 6.54 Å². The first kappa shape index (κ1) is 22.8. The average molecular weight is 452 g/mol. The van der Waals surface area contributed by atoms with Gasteiger partial charge in [0.25, 0.3) is 5.91 Å². The molecular formula is C24H22ClN3O4. The summed E-state index contributed by atoms with van der Waals surface area (Å²) < 4.78 is 10.9. The van der Waals surface area contributed by atoms with E-state index in [1.54, 1.807) is 12.1 Å². The number of rotatable bonds is 9. The first-order chi connectivity index (χ1) is 15.6. The lowest BCUT2D eigenvalue weighted by molar-refractivity contribution is -0.120. The Morgan fingerprint density at radius 1 is 0.906 bits per heavy atom. The van der Waals surface area contributed by atoms with Gasteiger partial charge in [0.05, 0.1) is 6.21 Å². The second kappa shape index (κ2) is 12.1. The third-order valence-corrected chi connectivity index (χ3v) is 4.44. The van der Waals surface area contributed by atoms with Gasteiger partial charge in [-0.15, -0.1) is 0 Å². The number of hydrazone groups is 1. The number of amides is 2. The SMILES string of the molecule is O=C(CNC(=O)OCc1ccccc1)N/N=C\c1ccccc1OCc1cccc(Cl)c1. The number of hydrogen-bond donors (Lipinski definition) is 2. The number of carbonyl (C=O) groups excluding carboxylic acids is 2. The van der Waals surface area contributed by atoms with E-state index in [4.69, 9.17) is 21.1 Å². The maximum atomic E-state index is 11.9. The highest BCUT2D eigenvalue weighted by Gasteiger charge is 2.06. The van der Waals surface area contributed by atoms with Crippen LogP contribution in [0.5, 0.6) is 5.75 Å². The van der Waals surface area contributed by atoms with E-state index in [9.17, 15) is 9.59 Å². The van der Waals surface area contributed by atoms with Gasteiger partial charge in [-0.05, 0) is 35.4 Å². The molecule has 0 radical (unpaired) electrons. The summed E-state index contributed by atoms with van der Waals surface area (Å²) in [7, 11) is 0. The highest BCUT2D eigenvalue weighted by atomic mass is 35.5. The van der Waals surface area contributed by atoms with Crippen molar-refractivity contribution in [1.82, 2.24) is 10.7 Å². The van der Waals surface area contributed by atoms with Crippen LogP contribution in [0.1, 0.15) is 16.7 Å². The van der Waals surface area contributed by atoms with Gasteiger partial charge < -0.3 is 14.8 Å². The van der Waals surface area contributed by atoms with Gasteiger partial charge in [0.15, 0.2) is 0 Å². The zero-order valence-corrected chi connectivity index (χ0v) is 17.9. The molecule has 0 aliphatic rings. The number of carbonyl (C=O) groups is 2. The van der Waals surface area contributed by atoms with E-state index in [1.165, 1.54) is 6.21 Å². The molecule has 0 aromatic heterocycles. The first-order valence-corrected chi connectivity index (χ1v) is 10.2. The lowest BCUT2D eigenvalue weighted by Gasteiger charge is -2.09. The number of hydrogen-bond acceptors (Lipinski definition) is 5. The molecule has 0 aliphatic carbocycles. The van der Waals surface area contributed by atoms with Crippen LogP contribution in [-0.2, 0) is 22.7 Å². The number of alkyl carbamates (subject to hydrolysis) is 1. The Bertz CT molecular complexity index is 1070. The molecule has 0 saturated carbocycles. The monoisotopic (exact) mass is 451 g/mol. The van der Waals surface area contributed by atoms with E-state index in [1.807, 2.05) is 66.7 Å². The smallest absolute Gasteiger partial charge is 0.407 e. The van der Waals surface area contributed by atoms with E-state index in [0.29, 0.717) is 22.9 Å². The normalized spacial score (nSPS) is 10.5. The maximum Gasteiger partial charge on any atom is 0.407 e. The molecule has 0 saturated heterocycles. The molecule has 8 heteroatoms. The fourth-order valence-corrected chi connectivity index (χ4v) is 2.86. The summed E-state index contributed by atoms with van der Waals surface area (Å²) in [6.07, 6.45) is 0.784. The Kier molecular flexibility index (Phi) is 8.65. The van der Waals surface area contributed by atoms with Crippen LogP contribution in [0.3, 0.4) is 0 Å². The zero-order valence-electron chi connectivity index (χ0n) is 17.2. The van der Waals surface area contributed by atoms with Crippen molar-refractivity contribution in [3.05, 3.63) is 101 Å². The molecule has 0 spiro atoms. The summed E-state index contributed by atoms with van der Waals surface area (Å²) in [6, 6.07) is 23.9. The van der Waals surface area contributed by atoms with Crippen LogP contribution in [-0.4, -0.2) is 24.8 Å². The van der Waals surface area contributed by atoms with E-state index in [2.05, 4.69) is 15.8 Å². The molecule has 3 aromatic carbocycles. The van der Waals surface area contributed by atoms with Crippen LogP contribution in [0.25, 0.3) is 0 Å². The minimum Gasteiger partial charge on any atom is -0.488 e. The molecular weight excluding hydrogens is 430 g/mol. The van der Waals surface area contributed by atoms with Crippen molar-refractivity contribution in [3.63, 3.8) is 0 Å². The highest BCUT2D eigenvalue weighted by Crippen LogP contribution is 2.18. The summed E-state index contributed by atoms with van der Waals surface area (Å²) in [6.45, 7) is 0.197. The highest BCUT2D eigenvalue weighted by molar-refractivity contribution is 6.30. The molecule has 7 nitrogen and oxygen atoms in total. The summed E-state index contributed by atoms with van der Waals surface area (Å²) >= 11 is 6.00. The Hall–Kier alpha value is -3.84. The molecule has 0 bridgehead atoms. The van der Waals surface area contributed by atoms with Crippen LogP contribution in [0.4, 0.5) is 4.79 Å². The van der Waals surface area contributed by atoms with Crippen LogP contribution >= 0.6 is 11.6 Å². The number of nitrogens with one attached hydrogen (secondary N) is 2. The van der Waals surface area contributed by atoms with Gasteiger partial charge in [-0.2, -0.15) is 5.10 Å². The number of para-hydroxylation sites is 1. The molecule has 0 fully saturated rings. The van der Waals surface area contributed by atoms with Crippen molar-refractivity contribution in [2.24, 2.45) is 5.10 Å². The molecule has 0 heterocycles. The van der Waals surface area contributed by atoms with Crippen LogP contribution in [0.2, 0.25) is 5.02 Å². The Labute approximate surface area is 191 Å². The molecule has 0 aliphatic heterocycles. The van der Waals surface area contributed by atoms with Crippen LogP contribution in [0, 0.1) is 0 Å². The topological polar surface area (TPSA) is 89.0 Å². The minimum absolute atomic E-state index is 0.123. The zero-order chi connectivity index (χ0) is 22.6. The molecule has 3 rings (SSSR count). The molecule has 164 valence electrons. The summed E-state index contributed by atoms with van der Waals surface area (Å²) in [4.78, 5) is 23.6. The summed E-state index contributed by atoms with van der Waals surface area (Å²) in [5.74, 6) is 0.114. The van der Waals surface area contributed by atoms with E-state index < -0.39 is 12.0 Å². The third kappa shape index (κ3) is 7.77. The Morgan fingerprint density at radius 3 is 2.47 bits per heavy atom. The summed E-state index contributed by atoms with van der Waals surface area (Å²) in [5.41, 5.74) is 4.83. The number of halogens is 1. The standard InChI is InChI=1S/C24H22ClN3O4/c25-21-11-6-9-19(13-21)17-31-22-12-5-4-10-20(22)14-27-28-23(29)15-26-24(30)32-16-18-7-2-1-3-8-18/h1-14H,15-17H2,(H,26,30)(H,28,29)/b27-14-. The van der Waals surface area contributed by atoms with Gasteiger partial charge >= 0.3 is 6.09 Å². The molecule has 32 heavy (non-hydrogen) atoms. The van der Waals surface area contributed by atoms with Gasteiger partial charge in [0, 0.05) is 10.6 Å². The predicted molar refractivity (Wildman–Crippen MR) is 123 cm³/mol. The van der Waals surface area contributed by atoms with E-state index >= 15 is 0 Å². The molecule has 2 amide bonds. The Balaban J connectivity index is 1.43. The van der Waals surface area contributed by atoms with Gasteiger partial charge in [-0.3, -0.25) is 4.79 Å².